The first kappa shape index (κ1) is 13.6. The molecule has 0 spiro atoms. The van der Waals surface area contributed by atoms with Gasteiger partial charge in [0.05, 0.1) is 14.2 Å². The van der Waals surface area contributed by atoms with E-state index in [1.54, 1.807) is 13.8 Å². The number of rotatable bonds is 2. The second kappa shape index (κ2) is 5.27. The fourth-order valence-electron chi connectivity index (χ4n) is 2.19. The third-order valence-corrected chi connectivity index (χ3v) is 3.05. The highest BCUT2D eigenvalue weighted by Gasteiger charge is 2.48. The lowest BCUT2D eigenvalue weighted by atomic mass is 9.79. The Bertz CT molecular complexity index is 311. The molecule has 1 saturated heterocycles. The number of hydrogen-bond donors (Lipinski definition) is 1. The van der Waals surface area contributed by atoms with Crippen molar-refractivity contribution in [3.8, 4) is 0 Å². The molecule has 0 unspecified atom stereocenters. The van der Waals surface area contributed by atoms with Crippen LogP contribution in [0.1, 0.15) is 13.8 Å². The summed E-state index contributed by atoms with van der Waals surface area (Å²) < 4.78 is 9.15. The summed E-state index contributed by atoms with van der Waals surface area (Å²) in [5.41, 5.74) is 0. The standard InChI is InChI=1S/C11H17NO5/c1-5-7(10(14)16-3)9(13)8(6(2)12-5)11(15)17-4/h5-8,12H,1-4H3/t5-,6-,7+,8+/m0/s1. The predicted octanol–water partition coefficient (Wildman–Crippen LogP) is -0.486. The van der Waals surface area contributed by atoms with Crippen molar-refractivity contribution in [2.75, 3.05) is 14.2 Å². The Labute approximate surface area is 99.6 Å². The number of Topliss-reactive ketones (excluding diaryl/α,β-unsaturated/α-hetero) is 1. The quantitative estimate of drug-likeness (QED) is 0.521. The van der Waals surface area contributed by atoms with Crippen LogP contribution in [0.15, 0.2) is 0 Å². The molecule has 0 amide bonds. The first-order valence-electron chi connectivity index (χ1n) is 5.39. The smallest absolute Gasteiger partial charge is 0.317 e. The molecule has 96 valence electrons. The number of ether oxygens (including phenoxy) is 2. The van der Waals surface area contributed by atoms with Crippen molar-refractivity contribution < 1.29 is 23.9 Å². The van der Waals surface area contributed by atoms with Crippen LogP contribution in [0.25, 0.3) is 0 Å². The maximum absolute atomic E-state index is 12.1. The molecule has 17 heavy (non-hydrogen) atoms. The molecule has 4 atom stereocenters. The molecule has 0 aromatic heterocycles. The number of methoxy groups -OCH3 is 2. The van der Waals surface area contributed by atoms with E-state index in [9.17, 15) is 14.4 Å². The monoisotopic (exact) mass is 243 g/mol. The molecule has 1 fully saturated rings. The van der Waals surface area contributed by atoms with Gasteiger partial charge in [0.2, 0.25) is 0 Å². The maximum atomic E-state index is 12.1. The van der Waals surface area contributed by atoms with E-state index in [0.717, 1.165) is 0 Å². The van der Waals surface area contributed by atoms with Crippen molar-refractivity contribution in [1.82, 2.24) is 5.32 Å². The number of hydrogen-bond acceptors (Lipinski definition) is 6. The van der Waals surface area contributed by atoms with Gasteiger partial charge in [-0.1, -0.05) is 0 Å². The molecule has 0 saturated carbocycles. The molecule has 0 aromatic rings. The van der Waals surface area contributed by atoms with Gasteiger partial charge >= 0.3 is 11.9 Å². The first-order valence-corrected chi connectivity index (χ1v) is 5.39. The minimum atomic E-state index is -0.958. The van der Waals surface area contributed by atoms with Crippen LogP contribution in [0.3, 0.4) is 0 Å². The van der Waals surface area contributed by atoms with Gasteiger partial charge in [0, 0.05) is 12.1 Å². The minimum absolute atomic E-state index is 0.356. The molecule has 0 aliphatic carbocycles. The minimum Gasteiger partial charge on any atom is -0.468 e. The summed E-state index contributed by atoms with van der Waals surface area (Å²) in [7, 11) is 2.43. The molecule has 6 nitrogen and oxygen atoms in total. The number of carbonyl (C=O) groups excluding carboxylic acids is 3. The molecule has 1 heterocycles. The molecular weight excluding hydrogens is 226 g/mol. The fourth-order valence-corrected chi connectivity index (χ4v) is 2.19. The Balaban J connectivity index is 2.99. The van der Waals surface area contributed by atoms with E-state index >= 15 is 0 Å². The summed E-state index contributed by atoms with van der Waals surface area (Å²) in [4.78, 5) is 35.1. The van der Waals surface area contributed by atoms with Crippen LogP contribution >= 0.6 is 0 Å². The summed E-state index contributed by atoms with van der Waals surface area (Å²) >= 11 is 0. The lowest BCUT2D eigenvalue weighted by Crippen LogP contribution is -2.59. The Morgan fingerprint density at radius 3 is 1.65 bits per heavy atom. The third-order valence-electron chi connectivity index (χ3n) is 3.05. The normalized spacial score (nSPS) is 33.1. The number of ketones is 1. The number of carbonyl (C=O) groups is 3. The van der Waals surface area contributed by atoms with Crippen LogP contribution in [0, 0.1) is 11.8 Å². The van der Waals surface area contributed by atoms with Gasteiger partial charge < -0.3 is 14.8 Å². The van der Waals surface area contributed by atoms with Crippen LogP contribution in [-0.4, -0.2) is 44.0 Å². The Kier molecular flexibility index (Phi) is 4.22. The van der Waals surface area contributed by atoms with E-state index in [1.807, 2.05) is 0 Å². The van der Waals surface area contributed by atoms with Crippen molar-refractivity contribution in [2.24, 2.45) is 11.8 Å². The molecule has 6 heteroatoms. The average molecular weight is 243 g/mol. The topological polar surface area (TPSA) is 81.7 Å². The molecule has 1 N–H and O–H groups in total. The highest BCUT2D eigenvalue weighted by molar-refractivity contribution is 6.10. The van der Waals surface area contributed by atoms with Gasteiger partial charge in [-0.2, -0.15) is 0 Å². The molecular formula is C11H17NO5. The SMILES string of the molecule is COC(=O)[C@H]1C(=O)[C@H](C(=O)OC)[C@H](C)N[C@H]1C. The molecule has 1 aliphatic heterocycles. The van der Waals surface area contributed by atoms with E-state index < -0.39 is 29.6 Å². The van der Waals surface area contributed by atoms with E-state index in [1.165, 1.54) is 14.2 Å². The van der Waals surface area contributed by atoms with Gasteiger partial charge in [0.15, 0.2) is 5.78 Å². The van der Waals surface area contributed by atoms with Gasteiger partial charge in [-0.3, -0.25) is 14.4 Å². The van der Waals surface area contributed by atoms with Crippen LogP contribution < -0.4 is 5.32 Å². The largest absolute Gasteiger partial charge is 0.468 e. The van der Waals surface area contributed by atoms with Crippen LogP contribution in [0.2, 0.25) is 0 Å². The van der Waals surface area contributed by atoms with Crippen LogP contribution in [0.5, 0.6) is 0 Å². The molecule has 0 aromatic carbocycles. The second-order valence-electron chi connectivity index (χ2n) is 4.15. The van der Waals surface area contributed by atoms with E-state index in [0.29, 0.717) is 0 Å². The fraction of sp³-hybridized carbons (Fsp3) is 0.727. The van der Waals surface area contributed by atoms with Gasteiger partial charge in [0.25, 0.3) is 0 Å². The summed E-state index contributed by atoms with van der Waals surface area (Å²) in [6.45, 7) is 3.42. The highest BCUT2D eigenvalue weighted by Crippen LogP contribution is 2.24. The Morgan fingerprint density at radius 1 is 1.00 bits per heavy atom. The molecule has 1 aliphatic rings. The van der Waals surface area contributed by atoms with E-state index in [4.69, 9.17) is 0 Å². The van der Waals surface area contributed by atoms with E-state index in [2.05, 4.69) is 14.8 Å². The second-order valence-corrected chi connectivity index (χ2v) is 4.15. The van der Waals surface area contributed by atoms with Crippen molar-refractivity contribution in [3.63, 3.8) is 0 Å². The van der Waals surface area contributed by atoms with Gasteiger partial charge in [-0.25, -0.2) is 0 Å². The van der Waals surface area contributed by atoms with E-state index in [-0.39, 0.29) is 12.1 Å². The molecule has 1 rings (SSSR count). The molecule has 0 bridgehead atoms. The summed E-state index contributed by atoms with van der Waals surface area (Å²) in [5.74, 6) is -3.62. The van der Waals surface area contributed by atoms with Crippen molar-refractivity contribution in [1.29, 1.82) is 0 Å². The number of esters is 2. The predicted molar refractivity (Wildman–Crippen MR) is 58.1 cm³/mol. The van der Waals surface area contributed by atoms with Crippen molar-refractivity contribution in [2.45, 2.75) is 25.9 Å². The van der Waals surface area contributed by atoms with Crippen molar-refractivity contribution in [3.05, 3.63) is 0 Å². The summed E-state index contributed by atoms with van der Waals surface area (Å²) in [6, 6.07) is -0.711. The summed E-state index contributed by atoms with van der Waals surface area (Å²) in [5, 5.41) is 3.02. The van der Waals surface area contributed by atoms with Gasteiger partial charge in [-0.15, -0.1) is 0 Å². The number of nitrogens with one attached hydrogen (secondary N) is 1. The Hall–Kier alpha value is -1.43. The zero-order valence-corrected chi connectivity index (χ0v) is 10.4. The lowest BCUT2D eigenvalue weighted by Gasteiger charge is -2.35. The molecule has 0 radical (unpaired) electrons. The highest BCUT2D eigenvalue weighted by atomic mass is 16.5. The zero-order valence-electron chi connectivity index (χ0n) is 10.4. The van der Waals surface area contributed by atoms with Gasteiger partial charge in [0.1, 0.15) is 11.8 Å². The number of piperidine rings is 1. The first-order chi connectivity index (χ1) is 7.93. The average Bonchev–Trinajstić information content (AvgIpc) is 2.27. The zero-order chi connectivity index (χ0) is 13.2. The maximum Gasteiger partial charge on any atom is 0.317 e. The summed E-state index contributed by atoms with van der Waals surface area (Å²) in [6.07, 6.45) is 0. The van der Waals surface area contributed by atoms with Gasteiger partial charge in [-0.05, 0) is 13.8 Å². The lowest BCUT2D eigenvalue weighted by molar-refractivity contribution is -0.159. The van der Waals surface area contributed by atoms with Crippen LogP contribution in [0.4, 0.5) is 0 Å². The van der Waals surface area contributed by atoms with Crippen molar-refractivity contribution >= 4 is 17.7 Å². The Morgan fingerprint density at radius 2 is 1.35 bits per heavy atom. The third kappa shape index (κ3) is 2.46. The van der Waals surface area contributed by atoms with Crippen LogP contribution in [-0.2, 0) is 23.9 Å².